The molecule has 0 N–H and O–H groups in total. The lowest BCUT2D eigenvalue weighted by atomic mass is 10.1. The summed E-state index contributed by atoms with van der Waals surface area (Å²) in [4.78, 5) is 14.8. The van der Waals surface area contributed by atoms with Crippen molar-refractivity contribution in [2.45, 2.75) is 6.92 Å². The van der Waals surface area contributed by atoms with Gasteiger partial charge in [-0.1, -0.05) is 15.9 Å². The van der Waals surface area contributed by atoms with E-state index < -0.39 is 0 Å². The number of thiophene rings is 1. The highest BCUT2D eigenvalue weighted by atomic mass is 79.9. The smallest absolute Gasteiger partial charge is 0.197 e. The molecule has 0 radical (unpaired) electrons. The summed E-state index contributed by atoms with van der Waals surface area (Å²) >= 11 is 5.01. The van der Waals surface area contributed by atoms with Crippen molar-refractivity contribution in [1.29, 1.82) is 0 Å². The molecule has 0 unspecified atom stereocenters. The molecule has 1 heterocycles. The van der Waals surface area contributed by atoms with E-state index in [9.17, 15) is 4.79 Å². The summed E-state index contributed by atoms with van der Waals surface area (Å²) < 4.78 is 2.19. The van der Waals surface area contributed by atoms with Crippen LogP contribution < -0.4 is 0 Å². The van der Waals surface area contributed by atoms with Gasteiger partial charge in [0.15, 0.2) is 5.78 Å². The minimum Gasteiger partial charge on any atom is -0.383 e. The molecule has 0 saturated heterocycles. The summed E-state index contributed by atoms with van der Waals surface area (Å²) in [5, 5.41) is 1.15. The highest BCUT2D eigenvalue weighted by molar-refractivity contribution is 9.10. The third kappa shape index (κ3) is 2.65. The molecule has 0 atom stereocenters. The van der Waals surface area contributed by atoms with E-state index in [1.165, 1.54) is 0 Å². The second-order valence-electron chi connectivity index (χ2n) is 4.34. The first-order valence-corrected chi connectivity index (χ1v) is 7.17. The number of fused-ring (bicyclic) bond motifs is 1. The third-order valence-electron chi connectivity index (χ3n) is 2.65. The fourth-order valence-corrected chi connectivity index (χ4v) is 3.19. The first-order chi connectivity index (χ1) is 8.49. The van der Waals surface area contributed by atoms with Crippen molar-refractivity contribution in [1.82, 2.24) is 4.90 Å². The van der Waals surface area contributed by atoms with Crippen LogP contribution in [0.2, 0.25) is 0 Å². The topological polar surface area (TPSA) is 20.3 Å². The zero-order valence-electron chi connectivity index (χ0n) is 10.5. The number of aryl methyl sites for hydroxylation is 1. The van der Waals surface area contributed by atoms with Gasteiger partial charge in [0.05, 0.1) is 4.88 Å². The van der Waals surface area contributed by atoms with Crippen molar-refractivity contribution in [3.63, 3.8) is 0 Å². The van der Waals surface area contributed by atoms with Crippen LogP contribution in [-0.2, 0) is 0 Å². The lowest BCUT2D eigenvalue weighted by Crippen LogP contribution is -2.02. The number of nitrogens with zero attached hydrogens (tertiary/aromatic N) is 1. The van der Waals surface area contributed by atoms with Crippen LogP contribution in [0.5, 0.6) is 0 Å². The molecule has 0 aliphatic heterocycles. The first kappa shape index (κ1) is 13.3. The van der Waals surface area contributed by atoms with Gasteiger partial charge >= 0.3 is 0 Å². The van der Waals surface area contributed by atoms with Gasteiger partial charge in [0.1, 0.15) is 0 Å². The Balaban J connectivity index is 2.46. The van der Waals surface area contributed by atoms with Crippen LogP contribution in [0, 0.1) is 6.92 Å². The van der Waals surface area contributed by atoms with Crippen LogP contribution in [0.25, 0.3) is 10.1 Å². The molecule has 94 valence electrons. The van der Waals surface area contributed by atoms with Gasteiger partial charge in [-0.2, -0.15) is 0 Å². The van der Waals surface area contributed by atoms with E-state index in [4.69, 9.17) is 0 Å². The molecular weight excluding hydrogens is 310 g/mol. The molecule has 1 aromatic carbocycles. The van der Waals surface area contributed by atoms with Gasteiger partial charge in [-0.25, -0.2) is 0 Å². The molecule has 0 amide bonds. The zero-order chi connectivity index (χ0) is 13.3. The molecule has 0 fully saturated rings. The number of hydrogen-bond acceptors (Lipinski definition) is 3. The van der Waals surface area contributed by atoms with Crippen LogP contribution in [-0.4, -0.2) is 24.8 Å². The van der Waals surface area contributed by atoms with Crippen molar-refractivity contribution < 1.29 is 4.79 Å². The molecule has 0 bridgehead atoms. The van der Waals surface area contributed by atoms with Gasteiger partial charge in [-0.05, 0) is 36.1 Å². The zero-order valence-corrected chi connectivity index (χ0v) is 12.9. The summed E-state index contributed by atoms with van der Waals surface area (Å²) in [6.07, 6.45) is 3.40. The van der Waals surface area contributed by atoms with E-state index in [1.807, 2.05) is 38.1 Å². The Morgan fingerprint density at radius 2 is 2.11 bits per heavy atom. The van der Waals surface area contributed by atoms with E-state index >= 15 is 0 Å². The lowest BCUT2D eigenvalue weighted by molar-refractivity contribution is 0.104. The number of ketones is 1. The minimum atomic E-state index is 0.0681. The quantitative estimate of drug-likeness (QED) is 0.622. The van der Waals surface area contributed by atoms with Gasteiger partial charge in [0, 0.05) is 35.5 Å². The summed E-state index contributed by atoms with van der Waals surface area (Å²) in [5.41, 5.74) is 1.06. The minimum absolute atomic E-state index is 0.0681. The largest absolute Gasteiger partial charge is 0.383 e. The van der Waals surface area contributed by atoms with Crippen LogP contribution in [0.3, 0.4) is 0 Å². The Morgan fingerprint density at radius 3 is 2.78 bits per heavy atom. The second-order valence-corrected chi connectivity index (χ2v) is 6.31. The molecule has 18 heavy (non-hydrogen) atoms. The van der Waals surface area contributed by atoms with E-state index in [0.717, 1.165) is 25.0 Å². The summed E-state index contributed by atoms with van der Waals surface area (Å²) in [7, 11) is 3.80. The highest BCUT2D eigenvalue weighted by Gasteiger charge is 2.13. The lowest BCUT2D eigenvalue weighted by Gasteiger charge is -2.02. The molecule has 0 aliphatic carbocycles. The second kappa shape index (κ2) is 5.24. The predicted molar refractivity (Wildman–Crippen MR) is 81.4 cm³/mol. The number of rotatable bonds is 3. The normalized spacial score (nSPS) is 11.3. The number of allylic oxidation sites excluding steroid dienone is 1. The average molecular weight is 324 g/mol. The Hall–Kier alpha value is -1.13. The van der Waals surface area contributed by atoms with Gasteiger partial charge in [0.25, 0.3) is 0 Å². The fraction of sp³-hybridized carbons (Fsp3) is 0.214. The SMILES string of the molecule is Cc1c(C(=O)/C=C/N(C)C)sc2ccc(Br)cc12. The maximum Gasteiger partial charge on any atom is 0.197 e. The molecule has 2 aromatic rings. The molecular formula is C14H14BrNOS. The Labute approximate surface area is 119 Å². The first-order valence-electron chi connectivity index (χ1n) is 5.56. The fourth-order valence-electron chi connectivity index (χ4n) is 1.72. The molecule has 1 aromatic heterocycles. The number of halogens is 1. The average Bonchev–Trinajstić information content (AvgIpc) is 2.64. The number of carbonyl (C=O) groups excluding carboxylic acids is 1. The summed E-state index contributed by atoms with van der Waals surface area (Å²) in [6.45, 7) is 2.00. The van der Waals surface area contributed by atoms with Crippen molar-refractivity contribution in [3.8, 4) is 0 Å². The Kier molecular flexibility index (Phi) is 3.88. The molecule has 2 rings (SSSR count). The van der Waals surface area contributed by atoms with Gasteiger partial charge < -0.3 is 4.90 Å². The van der Waals surface area contributed by atoms with Crippen molar-refractivity contribution in [2.24, 2.45) is 0 Å². The van der Waals surface area contributed by atoms with Gasteiger partial charge in [-0.15, -0.1) is 11.3 Å². The molecule has 2 nitrogen and oxygen atoms in total. The molecule has 0 spiro atoms. The van der Waals surface area contributed by atoms with Crippen molar-refractivity contribution >= 4 is 43.1 Å². The van der Waals surface area contributed by atoms with Crippen LogP contribution >= 0.6 is 27.3 Å². The number of hydrogen-bond donors (Lipinski definition) is 0. The van der Waals surface area contributed by atoms with E-state index in [2.05, 4.69) is 22.0 Å². The van der Waals surface area contributed by atoms with Crippen molar-refractivity contribution in [2.75, 3.05) is 14.1 Å². The maximum atomic E-state index is 12.1. The van der Waals surface area contributed by atoms with E-state index in [-0.39, 0.29) is 5.78 Å². The monoisotopic (exact) mass is 323 g/mol. The Morgan fingerprint density at radius 1 is 1.39 bits per heavy atom. The van der Waals surface area contributed by atoms with E-state index in [1.54, 1.807) is 23.6 Å². The van der Waals surface area contributed by atoms with Crippen LogP contribution in [0.1, 0.15) is 15.2 Å². The molecule has 0 saturated carbocycles. The van der Waals surface area contributed by atoms with E-state index in [0.29, 0.717) is 0 Å². The van der Waals surface area contributed by atoms with Crippen LogP contribution in [0.4, 0.5) is 0 Å². The van der Waals surface area contributed by atoms with Gasteiger partial charge in [0.2, 0.25) is 0 Å². The third-order valence-corrected chi connectivity index (χ3v) is 4.43. The Bertz CT molecular complexity index is 628. The highest BCUT2D eigenvalue weighted by Crippen LogP contribution is 2.33. The van der Waals surface area contributed by atoms with Crippen LogP contribution in [0.15, 0.2) is 34.9 Å². The molecule has 0 aliphatic rings. The van der Waals surface area contributed by atoms with Crippen molar-refractivity contribution in [3.05, 3.63) is 45.4 Å². The maximum absolute atomic E-state index is 12.1. The number of carbonyl (C=O) groups is 1. The summed E-state index contributed by atoms with van der Waals surface area (Å²) in [6, 6.07) is 6.11. The standard InChI is InChI=1S/C14H14BrNOS/c1-9-11-8-10(15)4-5-13(11)18-14(9)12(17)6-7-16(2)3/h4-8H,1-3H3/b7-6+. The summed E-state index contributed by atoms with van der Waals surface area (Å²) in [5.74, 6) is 0.0681. The molecule has 4 heteroatoms. The predicted octanol–water partition coefficient (Wildman–Crippen LogP) is 4.23. The number of benzene rings is 1. The van der Waals surface area contributed by atoms with Gasteiger partial charge in [-0.3, -0.25) is 4.79 Å².